The number of ether oxygens (including phenoxy) is 1. The summed E-state index contributed by atoms with van der Waals surface area (Å²) >= 11 is 0. The lowest BCUT2D eigenvalue weighted by atomic mass is 9.82. The van der Waals surface area contributed by atoms with E-state index in [2.05, 4.69) is 50.6 Å². The zero-order valence-electron chi connectivity index (χ0n) is 29.1. The fraction of sp³-hybridized carbons (Fsp3) is 0.553. The largest absolute Gasteiger partial charge is 0.497 e. The van der Waals surface area contributed by atoms with Crippen LogP contribution in [0, 0.1) is 31.4 Å². The first-order valence-electron chi connectivity index (χ1n) is 17.4. The highest BCUT2D eigenvalue weighted by Crippen LogP contribution is 2.40. The second-order valence-corrected chi connectivity index (χ2v) is 14.4. The van der Waals surface area contributed by atoms with Crippen molar-refractivity contribution >= 4 is 5.91 Å². The molecule has 8 nitrogen and oxygen atoms in total. The van der Waals surface area contributed by atoms with Gasteiger partial charge in [-0.05, 0) is 108 Å². The summed E-state index contributed by atoms with van der Waals surface area (Å²) < 4.78 is 34.6. The molecular weight excluding hydrogens is 610 g/mol. The van der Waals surface area contributed by atoms with Crippen molar-refractivity contribution in [3.63, 3.8) is 0 Å². The van der Waals surface area contributed by atoms with Crippen molar-refractivity contribution in [2.45, 2.75) is 77.5 Å². The highest BCUT2D eigenvalue weighted by atomic mass is 19.1. The monoisotopic (exact) mass is 660 g/mol. The molecule has 3 fully saturated rings. The van der Waals surface area contributed by atoms with Gasteiger partial charge in [0.2, 0.25) is 0 Å². The third kappa shape index (κ3) is 7.40. The molecule has 1 amide bonds. The van der Waals surface area contributed by atoms with Crippen LogP contribution >= 0.6 is 0 Å². The van der Waals surface area contributed by atoms with Gasteiger partial charge in [0.1, 0.15) is 23.7 Å². The lowest BCUT2D eigenvalue weighted by Gasteiger charge is -2.54. The first-order valence-corrected chi connectivity index (χ1v) is 17.4. The Bertz CT molecular complexity index is 1530. The summed E-state index contributed by atoms with van der Waals surface area (Å²) in [6, 6.07) is 12.5. The van der Waals surface area contributed by atoms with E-state index in [1.54, 1.807) is 19.2 Å². The van der Waals surface area contributed by atoms with Gasteiger partial charge in [-0.15, -0.1) is 0 Å². The molecule has 0 N–H and O–H groups in total. The summed E-state index contributed by atoms with van der Waals surface area (Å²) in [4.78, 5) is 31.5. The maximum absolute atomic E-state index is 14.7. The van der Waals surface area contributed by atoms with E-state index < -0.39 is 11.6 Å². The maximum Gasteiger partial charge on any atom is 0.257 e. The van der Waals surface area contributed by atoms with Crippen molar-refractivity contribution in [2.75, 3.05) is 52.9 Å². The highest BCUT2D eigenvalue weighted by Gasteiger charge is 2.43. The van der Waals surface area contributed by atoms with Crippen LogP contribution in [-0.2, 0) is 6.54 Å². The molecule has 3 aromatic rings. The van der Waals surface area contributed by atoms with Gasteiger partial charge in [0.15, 0.2) is 0 Å². The van der Waals surface area contributed by atoms with Crippen LogP contribution in [0.25, 0.3) is 0 Å². The number of carbonyl (C=O) groups excluding carboxylic acids is 1. The molecule has 0 radical (unpaired) electrons. The molecule has 0 bridgehead atoms. The number of piperazine rings is 1. The van der Waals surface area contributed by atoms with E-state index in [0.29, 0.717) is 24.6 Å². The van der Waals surface area contributed by atoms with Crippen LogP contribution in [0.5, 0.6) is 5.75 Å². The van der Waals surface area contributed by atoms with Gasteiger partial charge in [0, 0.05) is 63.0 Å². The Balaban J connectivity index is 1.11. The molecule has 48 heavy (non-hydrogen) atoms. The number of methoxy groups -OCH3 is 1. The van der Waals surface area contributed by atoms with Crippen molar-refractivity contribution in [1.82, 2.24) is 29.6 Å². The molecule has 6 rings (SSSR count). The van der Waals surface area contributed by atoms with Crippen molar-refractivity contribution in [3.8, 4) is 5.75 Å². The summed E-state index contributed by atoms with van der Waals surface area (Å²) in [6.07, 6.45) is 5.24. The van der Waals surface area contributed by atoms with Crippen molar-refractivity contribution in [2.24, 2.45) is 5.92 Å². The number of piperidine rings is 2. The Morgan fingerprint density at radius 3 is 2.15 bits per heavy atom. The Morgan fingerprint density at radius 1 is 0.938 bits per heavy atom. The van der Waals surface area contributed by atoms with Gasteiger partial charge in [0.25, 0.3) is 5.91 Å². The average molecular weight is 661 g/mol. The number of rotatable bonds is 8. The van der Waals surface area contributed by atoms with Gasteiger partial charge >= 0.3 is 0 Å². The summed E-state index contributed by atoms with van der Waals surface area (Å²) in [6.45, 7) is 15.1. The zero-order valence-corrected chi connectivity index (χ0v) is 29.1. The van der Waals surface area contributed by atoms with Crippen molar-refractivity contribution in [3.05, 3.63) is 88.5 Å². The zero-order chi connectivity index (χ0) is 34.0. The minimum Gasteiger partial charge on any atom is -0.497 e. The van der Waals surface area contributed by atoms with E-state index in [-0.39, 0.29) is 23.5 Å². The highest BCUT2D eigenvalue weighted by molar-refractivity contribution is 5.96. The molecule has 1 aromatic heterocycles. The molecule has 0 unspecified atom stereocenters. The van der Waals surface area contributed by atoms with Crippen LogP contribution in [0.3, 0.4) is 0 Å². The standard InChI is InChI=1S/C38H50F2N6O2/c1-26-23-45(38(4)12-16-44(17-13-38)37(47)35-27(2)41-25-42-28(35)3)18-19-46(26)36(31-20-32(39)22-33(40)21-31)30-10-14-43(15-11-30)24-29-6-8-34(48-5)9-7-29/h6-9,20-22,25-26,30,36H,10-19,23-24H2,1-5H3/t26-,36+/m0/s1. The van der Waals surface area contributed by atoms with Gasteiger partial charge in [-0.2, -0.15) is 0 Å². The molecule has 0 saturated carbocycles. The van der Waals surface area contributed by atoms with E-state index in [4.69, 9.17) is 4.74 Å². The van der Waals surface area contributed by atoms with E-state index in [9.17, 15) is 13.6 Å². The second kappa shape index (κ2) is 14.6. The number of carbonyl (C=O) groups is 1. The first kappa shape index (κ1) is 34.4. The number of hydrogen-bond acceptors (Lipinski definition) is 7. The van der Waals surface area contributed by atoms with Crippen molar-refractivity contribution < 1.29 is 18.3 Å². The minimum atomic E-state index is -0.514. The maximum atomic E-state index is 14.7. The number of hydrogen-bond donors (Lipinski definition) is 0. The molecule has 10 heteroatoms. The predicted octanol–water partition coefficient (Wildman–Crippen LogP) is 6.03. The van der Waals surface area contributed by atoms with Crippen LogP contribution in [-0.4, -0.2) is 100.0 Å². The number of halogens is 2. The quantitative estimate of drug-likeness (QED) is 0.292. The van der Waals surface area contributed by atoms with Gasteiger partial charge in [-0.25, -0.2) is 18.7 Å². The smallest absolute Gasteiger partial charge is 0.257 e. The number of aryl methyl sites for hydroxylation is 2. The van der Waals surface area contributed by atoms with Gasteiger partial charge in [-0.1, -0.05) is 12.1 Å². The Labute approximate surface area is 284 Å². The summed E-state index contributed by atoms with van der Waals surface area (Å²) in [5.74, 6) is 0.145. The topological polar surface area (TPSA) is 65.0 Å². The summed E-state index contributed by atoms with van der Waals surface area (Å²) in [5, 5.41) is 0. The first-order chi connectivity index (χ1) is 23.0. The molecule has 258 valence electrons. The number of amides is 1. The lowest BCUT2D eigenvalue weighted by Crippen LogP contribution is -2.63. The molecule has 0 spiro atoms. The molecule has 2 atom stereocenters. The fourth-order valence-electron chi connectivity index (χ4n) is 8.34. The van der Waals surface area contributed by atoms with Crippen LogP contribution in [0.4, 0.5) is 8.78 Å². The number of nitrogens with zero attached hydrogens (tertiary/aromatic N) is 6. The fourth-order valence-corrected chi connectivity index (χ4v) is 8.34. The van der Waals surface area contributed by atoms with Crippen LogP contribution in [0.1, 0.15) is 78.4 Å². The van der Waals surface area contributed by atoms with Crippen LogP contribution < -0.4 is 4.74 Å². The number of likely N-dealkylation sites (tertiary alicyclic amines) is 2. The third-order valence-corrected chi connectivity index (χ3v) is 11.2. The summed E-state index contributed by atoms with van der Waals surface area (Å²) in [5.41, 5.74) is 4.04. The predicted molar refractivity (Wildman–Crippen MR) is 183 cm³/mol. The molecule has 3 saturated heterocycles. The van der Waals surface area contributed by atoms with Gasteiger partial charge in [-0.3, -0.25) is 19.5 Å². The molecule has 4 heterocycles. The van der Waals surface area contributed by atoms with Gasteiger partial charge < -0.3 is 9.64 Å². The molecule has 3 aliphatic heterocycles. The Kier molecular flexibility index (Phi) is 10.4. The van der Waals surface area contributed by atoms with E-state index in [0.717, 1.165) is 93.7 Å². The number of aromatic nitrogens is 2. The average Bonchev–Trinajstić information content (AvgIpc) is 3.06. The minimum absolute atomic E-state index is 0.0195. The van der Waals surface area contributed by atoms with E-state index in [1.165, 1.54) is 11.9 Å². The van der Waals surface area contributed by atoms with E-state index in [1.807, 2.05) is 30.9 Å². The normalized spacial score (nSPS) is 22.1. The lowest BCUT2D eigenvalue weighted by molar-refractivity contribution is -0.0439. The SMILES string of the molecule is COc1ccc(CN2CCC([C@H](c3cc(F)cc(F)c3)N3CCN(C4(C)CCN(C(=O)c5c(C)ncnc5C)CC4)C[C@@H]3C)CC2)cc1. The van der Waals surface area contributed by atoms with Crippen LogP contribution in [0.2, 0.25) is 0 Å². The summed E-state index contributed by atoms with van der Waals surface area (Å²) in [7, 11) is 1.68. The van der Waals surface area contributed by atoms with Crippen molar-refractivity contribution in [1.29, 1.82) is 0 Å². The third-order valence-electron chi connectivity index (χ3n) is 11.2. The van der Waals surface area contributed by atoms with Gasteiger partial charge in [0.05, 0.1) is 24.1 Å². The molecule has 0 aliphatic carbocycles. The van der Waals surface area contributed by atoms with Crippen LogP contribution in [0.15, 0.2) is 48.8 Å². The Morgan fingerprint density at radius 2 is 1.56 bits per heavy atom. The number of benzene rings is 2. The molecule has 2 aromatic carbocycles. The molecular formula is C38H50F2N6O2. The Hall–Kier alpha value is -3.47. The second-order valence-electron chi connectivity index (χ2n) is 14.4. The molecule has 3 aliphatic rings. The van der Waals surface area contributed by atoms with E-state index >= 15 is 0 Å².